The Bertz CT molecular complexity index is 1810. The maximum atomic E-state index is 12.3. The number of ketones is 2. The zero-order valence-electron chi connectivity index (χ0n) is 28.1. The van der Waals surface area contributed by atoms with Crippen LogP contribution < -0.4 is 29.6 Å². The molecule has 0 unspecified atom stereocenters. The molecule has 2 aliphatic rings. The number of methoxy groups -OCH3 is 2. The van der Waals surface area contributed by atoms with Crippen LogP contribution in [0.4, 0.5) is 9.59 Å². The highest BCUT2D eigenvalue weighted by atomic mass is 32.2. The van der Waals surface area contributed by atoms with Crippen molar-refractivity contribution in [2.24, 2.45) is 0 Å². The molecule has 2 heterocycles. The number of ether oxygens (including phenoxy) is 4. The first-order chi connectivity index (χ1) is 25.1. The molecule has 2 N–H and O–H groups in total. The Morgan fingerprint density at radius 3 is 1.25 bits per heavy atom. The summed E-state index contributed by atoms with van der Waals surface area (Å²) in [5.41, 5.74) is 2.77. The molecular weight excluding hydrogens is 709 g/mol. The first-order valence-corrected chi connectivity index (χ1v) is 17.7. The minimum Gasteiger partial charge on any atom is -0.496 e. The van der Waals surface area contributed by atoms with Crippen molar-refractivity contribution in [3.05, 3.63) is 119 Å². The van der Waals surface area contributed by atoms with E-state index in [2.05, 4.69) is 10.6 Å². The van der Waals surface area contributed by atoms with Gasteiger partial charge in [-0.15, -0.1) is 0 Å². The maximum absolute atomic E-state index is 12.3. The van der Waals surface area contributed by atoms with E-state index in [1.807, 2.05) is 24.3 Å². The van der Waals surface area contributed by atoms with Crippen molar-refractivity contribution in [2.45, 2.75) is 23.3 Å². The smallest absolute Gasteiger partial charge is 0.286 e. The third-order valence-corrected chi connectivity index (χ3v) is 9.74. The lowest BCUT2D eigenvalue weighted by Gasteiger charge is -2.10. The summed E-state index contributed by atoms with van der Waals surface area (Å²) in [7, 11) is 3.03. The molecule has 2 atom stereocenters. The fourth-order valence-electron chi connectivity index (χ4n) is 5.13. The molecule has 268 valence electrons. The van der Waals surface area contributed by atoms with E-state index in [0.717, 1.165) is 34.7 Å². The first-order valence-electron chi connectivity index (χ1n) is 15.9. The summed E-state index contributed by atoms with van der Waals surface area (Å²) >= 11 is 2.00. The number of hydrogen-bond donors (Lipinski definition) is 2. The van der Waals surface area contributed by atoms with Crippen LogP contribution in [0.15, 0.2) is 97.1 Å². The molecule has 2 aliphatic heterocycles. The average molecular weight is 743 g/mol. The van der Waals surface area contributed by atoms with Crippen molar-refractivity contribution < 1.29 is 47.7 Å². The number of imide groups is 2. The number of benzene rings is 4. The molecular formula is C38H34N2O10S2. The predicted octanol–water partition coefficient (Wildman–Crippen LogP) is 5.70. The number of thioether (sulfide) groups is 2. The van der Waals surface area contributed by atoms with Gasteiger partial charge in [0.2, 0.25) is 23.4 Å². The third-order valence-electron chi connectivity index (χ3n) is 7.78. The molecule has 6 rings (SSSR count). The van der Waals surface area contributed by atoms with E-state index in [9.17, 15) is 28.8 Å². The van der Waals surface area contributed by atoms with Gasteiger partial charge in [0.05, 0.1) is 35.8 Å². The summed E-state index contributed by atoms with van der Waals surface area (Å²) in [6, 6.07) is 28.2. The Morgan fingerprint density at radius 1 is 0.558 bits per heavy atom. The van der Waals surface area contributed by atoms with Crippen LogP contribution in [0.5, 0.6) is 23.0 Å². The predicted molar refractivity (Wildman–Crippen MR) is 196 cm³/mol. The minimum atomic E-state index is -0.401. The number of hydrogen-bond acceptors (Lipinski definition) is 12. The summed E-state index contributed by atoms with van der Waals surface area (Å²) in [4.78, 5) is 70.1. The van der Waals surface area contributed by atoms with Crippen LogP contribution in [0.25, 0.3) is 0 Å². The van der Waals surface area contributed by atoms with Crippen LogP contribution in [-0.4, -0.2) is 71.8 Å². The molecule has 14 heteroatoms. The lowest BCUT2D eigenvalue weighted by molar-refractivity contribution is -0.119. The van der Waals surface area contributed by atoms with Gasteiger partial charge in [-0.1, -0.05) is 72.1 Å². The Hall–Kier alpha value is -5.60. The Morgan fingerprint density at radius 2 is 0.923 bits per heavy atom. The molecule has 0 aliphatic carbocycles. The van der Waals surface area contributed by atoms with Crippen LogP contribution in [0.3, 0.4) is 0 Å². The molecule has 4 amide bonds. The van der Waals surface area contributed by atoms with Crippen molar-refractivity contribution in [3.63, 3.8) is 0 Å². The molecule has 52 heavy (non-hydrogen) atoms. The highest BCUT2D eigenvalue weighted by molar-refractivity contribution is 8.15. The van der Waals surface area contributed by atoms with E-state index in [1.54, 1.807) is 72.8 Å². The van der Waals surface area contributed by atoms with Gasteiger partial charge < -0.3 is 18.9 Å². The topological polar surface area (TPSA) is 163 Å². The number of para-hydroxylation sites is 2. The zero-order chi connectivity index (χ0) is 37.0. The minimum absolute atomic E-state index is 0.102. The van der Waals surface area contributed by atoms with E-state index in [4.69, 9.17) is 18.9 Å². The molecule has 0 saturated carbocycles. The quantitative estimate of drug-likeness (QED) is 0.152. The fraction of sp³-hybridized carbons (Fsp3) is 0.211. The van der Waals surface area contributed by atoms with Gasteiger partial charge in [0.15, 0.2) is 13.2 Å². The molecule has 2 saturated heterocycles. The molecule has 4 aromatic carbocycles. The molecule has 12 nitrogen and oxygen atoms in total. The standard InChI is InChI=1S/2C19H17NO5S/c2*1-24-16-5-3-2-4-14(16)15(21)11-25-13-8-6-12(7-9-13)10-17-18(22)20-19(23)26-17/h2*2-9,17H,10-11H2,1H3,(H,20,22,23)/t2*17-/m10/s1. The summed E-state index contributed by atoms with van der Waals surface area (Å²) < 4.78 is 21.4. The van der Waals surface area contributed by atoms with E-state index in [1.165, 1.54) is 14.2 Å². The highest BCUT2D eigenvalue weighted by Crippen LogP contribution is 2.26. The normalized spacial score (nSPS) is 16.3. The molecule has 0 bridgehead atoms. The van der Waals surface area contributed by atoms with Gasteiger partial charge >= 0.3 is 0 Å². The van der Waals surface area contributed by atoms with Crippen molar-refractivity contribution in [3.8, 4) is 23.0 Å². The largest absolute Gasteiger partial charge is 0.496 e. The molecule has 0 radical (unpaired) electrons. The molecule has 2 fully saturated rings. The summed E-state index contributed by atoms with van der Waals surface area (Å²) in [6.07, 6.45) is 0.922. The third kappa shape index (κ3) is 10.2. The monoisotopic (exact) mass is 742 g/mol. The SMILES string of the molecule is COc1ccccc1C(=O)COc1ccc(C[C@@H]2SC(=O)NC2=O)cc1.COc1ccccc1C(=O)COc1ccc(C[C@H]2SC(=O)NC2=O)cc1. The average Bonchev–Trinajstić information content (AvgIpc) is 3.66. The molecule has 0 aromatic heterocycles. The number of amides is 4. The maximum Gasteiger partial charge on any atom is 0.286 e. The van der Waals surface area contributed by atoms with Crippen LogP contribution in [0, 0.1) is 0 Å². The van der Waals surface area contributed by atoms with Crippen LogP contribution in [0.1, 0.15) is 31.8 Å². The van der Waals surface area contributed by atoms with Gasteiger partial charge in [0, 0.05) is 0 Å². The summed E-state index contributed by atoms with van der Waals surface area (Å²) in [6.45, 7) is -0.204. The number of nitrogens with one attached hydrogen (secondary N) is 2. The Balaban J connectivity index is 0.000000201. The lowest BCUT2D eigenvalue weighted by Crippen LogP contribution is -2.25. The van der Waals surface area contributed by atoms with E-state index >= 15 is 0 Å². The van der Waals surface area contributed by atoms with Crippen molar-refractivity contribution in [2.75, 3.05) is 27.4 Å². The van der Waals surface area contributed by atoms with Crippen LogP contribution in [-0.2, 0) is 22.4 Å². The van der Waals surface area contributed by atoms with Crippen LogP contribution >= 0.6 is 23.5 Å². The van der Waals surface area contributed by atoms with Crippen molar-refractivity contribution >= 4 is 57.4 Å². The van der Waals surface area contributed by atoms with E-state index < -0.39 is 10.5 Å². The van der Waals surface area contributed by atoms with Crippen molar-refractivity contribution in [1.29, 1.82) is 0 Å². The Kier molecular flexibility index (Phi) is 13.1. The molecule has 4 aromatic rings. The van der Waals surface area contributed by atoms with E-state index in [0.29, 0.717) is 47.0 Å². The van der Waals surface area contributed by atoms with Crippen LogP contribution in [0.2, 0.25) is 0 Å². The zero-order valence-corrected chi connectivity index (χ0v) is 29.8. The number of rotatable bonds is 14. The number of carbonyl (C=O) groups excluding carboxylic acids is 6. The first kappa shape index (κ1) is 37.7. The van der Waals surface area contributed by atoms with Gasteiger partial charge in [0.25, 0.3) is 10.5 Å². The second-order valence-electron chi connectivity index (χ2n) is 11.3. The second-order valence-corrected chi connectivity index (χ2v) is 13.6. The lowest BCUT2D eigenvalue weighted by atomic mass is 10.1. The summed E-state index contributed by atoms with van der Waals surface area (Å²) in [5.74, 6) is 1.25. The van der Waals surface area contributed by atoms with Gasteiger partial charge in [-0.3, -0.25) is 39.4 Å². The van der Waals surface area contributed by atoms with Gasteiger partial charge in [-0.05, 0) is 72.5 Å². The summed E-state index contributed by atoms with van der Waals surface area (Å²) in [5, 5.41) is 3.11. The van der Waals surface area contributed by atoms with Gasteiger partial charge in [-0.2, -0.15) is 0 Å². The van der Waals surface area contributed by atoms with E-state index in [-0.39, 0.29) is 47.1 Å². The van der Waals surface area contributed by atoms with Crippen molar-refractivity contribution in [1.82, 2.24) is 10.6 Å². The Labute approximate surface area is 307 Å². The second kappa shape index (κ2) is 18.1. The number of carbonyl (C=O) groups is 6. The van der Waals surface area contributed by atoms with Gasteiger partial charge in [-0.25, -0.2) is 0 Å². The fourth-order valence-corrected chi connectivity index (χ4v) is 6.85. The highest BCUT2D eigenvalue weighted by Gasteiger charge is 2.32. The number of Topliss-reactive ketones (excluding diaryl/α,β-unsaturated/α-hetero) is 2. The molecule has 0 spiro atoms. The van der Waals surface area contributed by atoms with Gasteiger partial charge in [0.1, 0.15) is 23.0 Å².